The topological polar surface area (TPSA) is 72.2 Å². The molecule has 0 unspecified atom stereocenters. The Kier molecular flexibility index (Phi) is 4.08. The number of nitrogens with two attached hydrogens (primary N) is 1. The molecule has 0 saturated carbocycles. The standard InChI is InChI=1S/C12H9Cl2FN2O2S/c13-7-1-3-9(14)12(5-7)17-20(18,19)8-2-4-11(16)10(15)6-8/h1-6,17H,16H2. The van der Waals surface area contributed by atoms with Crippen molar-refractivity contribution in [3.8, 4) is 0 Å². The summed E-state index contributed by atoms with van der Waals surface area (Å²) in [6.07, 6.45) is 0. The predicted molar refractivity (Wildman–Crippen MR) is 78.1 cm³/mol. The summed E-state index contributed by atoms with van der Waals surface area (Å²) in [7, 11) is -3.98. The van der Waals surface area contributed by atoms with E-state index in [1.165, 1.54) is 30.3 Å². The molecule has 0 aliphatic rings. The SMILES string of the molecule is Nc1ccc(S(=O)(=O)Nc2cc(Cl)ccc2Cl)cc1F. The zero-order valence-corrected chi connectivity index (χ0v) is 12.2. The van der Waals surface area contributed by atoms with Crippen LogP contribution in [0.3, 0.4) is 0 Å². The van der Waals surface area contributed by atoms with Crippen molar-refractivity contribution in [3.63, 3.8) is 0 Å². The van der Waals surface area contributed by atoms with Crippen molar-refractivity contribution in [2.75, 3.05) is 10.5 Å². The second kappa shape index (κ2) is 5.47. The zero-order chi connectivity index (χ0) is 14.9. The summed E-state index contributed by atoms with van der Waals surface area (Å²) >= 11 is 11.6. The minimum absolute atomic E-state index is 0.108. The maximum absolute atomic E-state index is 13.3. The van der Waals surface area contributed by atoms with Gasteiger partial charge in [-0.3, -0.25) is 4.72 Å². The molecule has 106 valence electrons. The monoisotopic (exact) mass is 334 g/mol. The Morgan fingerprint density at radius 1 is 1.10 bits per heavy atom. The fourth-order valence-corrected chi connectivity index (χ4v) is 2.93. The van der Waals surface area contributed by atoms with Gasteiger partial charge in [0.15, 0.2) is 0 Å². The highest BCUT2D eigenvalue weighted by Gasteiger charge is 2.17. The van der Waals surface area contributed by atoms with E-state index in [9.17, 15) is 12.8 Å². The summed E-state index contributed by atoms with van der Waals surface area (Å²) in [5.41, 5.74) is 5.27. The normalized spacial score (nSPS) is 11.3. The molecule has 0 amide bonds. The smallest absolute Gasteiger partial charge is 0.262 e. The third kappa shape index (κ3) is 3.15. The average molecular weight is 335 g/mol. The molecule has 0 atom stereocenters. The quantitative estimate of drug-likeness (QED) is 0.843. The number of anilines is 2. The van der Waals surface area contributed by atoms with Gasteiger partial charge in [-0.05, 0) is 36.4 Å². The van der Waals surface area contributed by atoms with Crippen molar-refractivity contribution >= 4 is 44.6 Å². The van der Waals surface area contributed by atoms with E-state index >= 15 is 0 Å². The largest absolute Gasteiger partial charge is 0.396 e. The molecule has 0 aliphatic heterocycles. The highest BCUT2D eigenvalue weighted by atomic mass is 35.5. The molecule has 0 heterocycles. The molecule has 20 heavy (non-hydrogen) atoms. The van der Waals surface area contributed by atoms with E-state index in [0.717, 1.165) is 6.07 Å². The van der Waals surface area contributed by atoms with E-state index < -0.39 is 15.8 Å². The van der Waals surface area contributed by atoms with Gasteiger partial charge in [-0.25, -0.2) is 12.8 Å². The molecule has 2 aromatic rings. The van der Waals surface area contributed by atoms with Crippen LogP contribution >= 0.6 is 23.2 Å². The molecule has 0 aromatic heterocycles. The molecule has 0 spiro atoms. The van der Waals surface area contributed by atoms with Crippen molar-refractivity contribution in [1.82, 2.24) is 0 Å². The number of benzene rings is 2. The van der Waals surface area contributed by atoms with Crippen LogP contribution in [-0.2, 0) is 10.0 Å². The Labute approximate surface area is 125 Å². The predicted octanol–water partition coefficient (Wildman–Crippen LogP) is 3.52. The Morgan fingerprint density at radius 2 is 1.80 bits per heavy atom. The Hall–Kier alpha value is -1.50. The first-order valence-electron chi connectivity index (χ1n) is 5.32. The lowest BCUT2D eigenvalue weighted by Gasteiger charge is -2.10. The lowest BCUT2D eigenvalue weighted by Crippen LogP contribution is -2.13. The van der Waals surface area contributed by atoms with Crippen LogP contribution in [0.1, 0.15) is 0 Å². The van der Waals surface area contributed by atoms with Gasteiger partial charge in [0.1, 0.15) is 5.82 Å². The van der Waals surface area contributed by atoms with E-state index in [1.54, 1.807) is 0 Å². The second-order valence-corrected chi connectivity index (χ2v) is 6.44. The summed E-state index contributed by atoms with van der Waals surface area (Å²) in [5, 5.41) is 0.490. The molecule has 2 aromatic carbocycles. The first kappa shape index (κ1) is 14.9. The number of rotatable bonds is 3. The van der Waals surface area contributed by atoms with Crippen molar-refractivity contribution in [2.24, 2.45) is 0 Å². The van der Waals surface area contributed by atoms with Gasteiger partial charge in [-0.1, -0.05) is 23.2 Å². The number of halogens is 3. The molecule has 3 N–H and O–H groups in total. The van der Waals surface area contributed by atoms with Crippen LogP contribution < -0.4 is 10.5 Å². The van der Waals surface area contributed by atoms with Gasteiger partial charge in [0.2, 0.25) is 0 Å². The van der Waals surface area contributed by atoms with Crippen molar-refractivity contribution in [1.29, 1.82) is 0 Å². The lowest BCUT2D eigenvalue weighted by atomic mass is 10.3. The number of sulfonamides is 1. The molecule has 8 heteroatoms. The van der Waals surface area contributed by atoms with E-state index in [1.807, 2.05) is 0 Å². The molecular formula is C12H9Cl2FN2O2S. The van der Waals surface area contributed by atoms with Gasteiger partial charge in [0.25, 0.3) is 10.0 Å². The van der Waals surface area contributed by atoms with E-state index in [-0.39, 0.29) is 21.3 Å². The Morgan fingerprint density at radius 3 is 2.45 bits per heavy atom. The van der Waals surface area contributed by atoms with Crippen molar-refractivity contribution in [2.45, 2.75) is 4.90 Å². The first-order chi connectivity index (χ1) is 9.29. The van der Waals surface area contributed by atoms with E-state index in [2.05, 4.69) is 4.72 Å². The maximum Gasteiger partial charge on any atom is 0.262 e. The molecule has 4 nitrogen and oxygen atoms in total. The summed E-state index contributed by atoms with van der Waals surface area (Å²) in [5.74, 6) is -0.815. The lowest BCUT2D eigenvalue weighted by molar-refractivity contribution is 0.596. The molecule has 2 rings (SSSR count). The van der Waals surface area contributed by atoms with Gasteiger partial charge in [-0.2, -0.15) is 0 Å². The summed E-state index contributed by atoms with van der Waals surface area (Å²) in [6, 6.07) is 7.52. The van der Waals surface area contributed by atoms with Crippen LogP contribution in [0.4, 0.5) is 15.8 Å². The Bertz CT molecular complexity index is 766. The number of hydrogen-bond donors (Lipinski definition) is 2. The van der Waals surface area contributed by atoms with E-state index in [0.29, 0.717) is 5.02 Å². The molecular weight excluding hydrogens is 326 g/mol. The van der Waals surface area contributed by atoms with Crippen LogP contribution in [0, 0.1) is 5.82 Å². The molecule has 0 saturated heterocycles. The van der Waals surface area contributed by atoms with Crippen LogP contribution in [0.5, 0.6) is 0 Å². The van der Waals surface area contributed by atoms with Crippen LogP contribution in [-0.4, -0.2) is 8.42 Å². The van der Waals surface area contributed by atoms with Gasteiger partial charge < -0.3 is 5.73 Å². The molecule has 0 bridgehead atoms. The fraction of sp³-hybridized carbons (Fsp3) is 0. The van der Waals surface area contributed by atoms with E-state index in [4.69, 9.17) is 28.9 Å². The van der Waals surface area contributed by atoms with Gasteiger partial charge in [0, 0.05) is 5.02 Å². The average Bonchev–Trinajstić information content (AvgIpc) is 2.36. The molecule has 0 fully saturated rings. The highest BCUT2D eigenvalue weighted by molar-refractivity contribution is 7.92. The number of hydrogen-bond acceptors (Lipinski definition) is 3. The van der Waals surface area contributed by atoms with Crippen molar-refractivity contribution in [3.05, 3.63) is 52.3 Å². The minimum atomic E-state index is -3.98. The minimum Gasteiger partial charge on any atom is -0.396 e. The van der Waals surface area contributed by atoms with Crippen molar-refractivity contribution < 1.29 is 12.8 Å². The summed E-state index contributed by atoms with van der Waals surface area (Å²) in [4.78, 5) is -0.264. The van der Waals surface area contributed by atoms with Gasteiger partial charge in [0.05, 0.1) is 21.3 Å². The summed E-state index contributed by atoms with van der Waals surface area (Å²) < 4.78 is 39.8. The summed E-state index contributed by atoms with van der Waals surface area (Å²) in [6.45, 7) is 0. The second-order valence-electron chi connectivity index (χ2n) is 3.91. The van der Waals surface area contributed by atoms with Crippen LogP contribution in [0.25, 0.3) is 0 Å². The first-order valence-corrected chi connectivity index (χ1v) is 7.56. The third-order valence-electron chi connectivity index (χ3n) is 2.45. The number of nitrogen functional groups attached to an aromatic ring is 1. The Balaban J connectivity index is 2.40. The van der Waals surface area contributed by atoms with Crippen LogP contribution in [0.2, 0.25) is 10.0 Å². The molecule has 0 radical (unpaired) electrons. The van der Waals surface area contributed by atoms with Gasteiger partial charge >= 0.3 is 0 Å². The van der Waals surface area contributed by atoms with Gasteiger partial charge in [-0.15, -0.1) is 0 Å². The third-order valence-corrected chi connectivity index (χ3v) is 4.38. The molecule has 0 aliphatic carbocycles. The van der Waals surface area contributed by atoms with Crippen LogP contribution in [0.15, 0.2) is 41.3 Å². The zero-order valence-electron chi connectivity index (χ0n) is 9.90. The number of nitrogens with one attached hydrogen (secondary N) is 1. The highest BCUT2D eigenvalue weighted by Crippen LogP contribution is 2.28. The maximum atomic E-state index is 13.3. The fourth-order valence-electron chi connectivity index (χ4n) is 1.45.